The van der Waals surface area contributed by atoms with Gasteiger partial charge in [-0.15, -0.1) is 0 Å². The highest BCUT2D eigenvalue weighted by Crippen LogP contribution is 2.30. The third kappa shape index (κ3) is 3.19. The van der Waals surface area contributed by atoms with Crippen molar-refractivity contribution in [2.75, 3.05) is 33.2 Å². The van der Waals surface area contributed by atoms with E-state index in [1.165, 1.54) is 0 Å². The summed E-state index contributed by atoms with van der Waals surface area (Å²) in [4.78, 5) is 9.43. The molecule has 1 aromatic carbocycles. The molecular formula is C17H22ClN3O. The monoisotopic (exact) mass is 319 g/mol. The predicted octanol–water partition coefficient (Wildman–Crippen LogP) is 3.61. The van der Waals surface area contributed by atoms with Crippen molar-refractivity contribution in [3.63, 3.8) is 0 Å². The minimum Gasteiger partial charge on any atom is -0.439 e. The van der Waals surface area contributed by atoms with Gasteiger partial charge < -0.3 is 9.32 Å². The molecule has 1 unspecified atom stereocenters. The topological polar surface area (TPSA) is 32.5 Å². The van der Waals surface area contributed by atoms with E-state index >= 15 is 0 Å². The lowest BCUT2D eigenvalue weighted by Gasteiger charge is -2.35. The number of rotatable bonds is 3. The second kappa shape index (κ2) is 6.41. The third-order valence-corrected chi connectivity index (χ3v) is 4.61. The van der Waals surface area contributed by atoms with Gasteiger partial charge in [0.2, 0.25) is 5.89 Å². The molecule has 1 aromatic heterocycles. The molecule has 0 aliphatic carbocycles. The molecule has 0 saturated carbocycles. The lowest BCUT2D eigenvalue weighted by Crippen LogP contribution is -2.45. The molecule has 5 heteroatoms. The summed E-state index contributed by atoms with van der Waals surface area (Å²) < 4.78 is 6.07. The van der Waals surface area contributed by atoms with Crippen molar-refractivity contribution < 1.29 is 4.42 Å². The Labute approximate surface area is 136 Å². The van der Waals surface area contributed by atoms with Crippen LogP contribution in [0.2, 0.25) is 5.02 Å². The summed E-state index contributed by atoms with van der Waals surface area (Å²) in [5, 5.41) is 0.729. The van der Waals surface area contributed by atoms with Crippen LogP contribution in [0.5, 0.6) is 0 Å². The molecule has 0 bridgehead atoms. The number of piperazine rings is 1. The van der Waals surface area contributed by atoms with E-state index in [2.05, 4.69) is 28.8 Å². The Kier molecular flexibility index (Phi) is 4.52. The number of aromatic nitrogens is 1. The molecule has 2 heterocycles. The fourth-order valence-electron chi connectivity index (χ4n) is 2.83. The predicted molar refractivity (Wildman–Crippen MR) is 89.2 cm³/mol. The molecule has 0 radical (unpaired) electrons. The zero-order valence-electron chi connectivity index (χ0n) is 13.3. The number of aryl methyl sites for hydroxylation is 1. The van der Waals surface area contributed by atoms with E-state index in [1.807, 2.05) is 31.2 Å². The highest BCUT2D eigenvalue weighted by molar-refractivity contribution is 6.30. The number of halogens is 1. The Balaban J connectivity index is 1.81. The van der Waals surface area contributed by atoms with Gasteiger partial charge in [0, 0.05) is 36.8 Å². The summed E-state index contributed by atoms with van der Waals surface area (Å²) in [6, 6.07) is 7.90. The minimum absolute atomic E-state index is 0.202. The molecule has 118 valence electrons. The van der Waals surface area contributed by atoms with Crippen molar-refractivity contribution in [3.8, 4) is 11.3 Å². The largest absolute Gasteiger partial charge is 0.439 e. The fraction of sp³-hybridized carbons (Fsp3) is 0.471. The van der Waals surface area contributed by atoms with Gasteiger partial charge in [0.15, 0.2) is 5.76 Å². The van der Waals surface area contributed by atoms with E-state index in [1.54, 1.807) is 0 Å². The van der Waals surface area contributed by atoms with Gasteiger partial charge >= 0.3 is 0 Å². The molecule has 1 fully saturated rings. The number of nitrogens with zero attached hydrogens (tertiary/aromatic N) is 3. The van der Waals surface area contributed by atoms with Gasteiger partial charge in [-0.05, 0) is 45.2 Å². The van der Waals surface area contributed by atoms with Crippen molar-refractivity contribution >= 4 is 11.6 Å². The number of hydrogen-bond acceptors (Lipinski definition) is 4. The minimum atomic E-state index is 0.202. The van der Waals surface area contributed by atoms with E-state index in [0.29, 0.717) is 0 Å². The Morgan fingerprint density at radius 1 is 1.14 bits per heavy atom. The van der Waals surface area contributed by atoms with Crippen LogP contribution in [-0.4, -0.2) is 48.0 Å². The Hall–Kier alpha value is -1.36. The van der Waals surface area contributed by atoms with Gasteiger partial charge in [-0.2, -0.15) is 0 Å². The SMILES string of the molecule is Cc1nc(C(C)N2CCN(C)CC2)oc1-c1ccc(Cl)cc1. The average molecular weight is 320 g/mol. The van der Waals surface area contributed by atoms with Gasteiger partial charge in [0.05, 0.1) is 11.7 Å². The maximum Gasteiger partial charge on any atom is 0.212 e. The normalized spacial score (nSPS) is 18.5. The lowest BCUT2D eigenvalue weighted by molar-refractivity contribution is 0.106. The Morgan fingerprint density at radius 3 is 2.41 bits per heavy atom. The van der Waals surface area contributed by atoms with Crippen LogP contribution in [0.4, 0.5) is 0 Å². The van der Waals surface area contributed by atoms with Crippen LogP contribution in [0.3, 0.4) is 0 Å². The highest BCUT2D eigenvalue weighted by atomic mass is 35.5. The van der Waals surface area contributed by atoms with Crippen LogP contribution >= 0.6 is 11.6 Å². The summed E-state index contributed by atoms with van der Waals surface area (Å²) in [6.45, 7) is 8.45. The van der Waals surface area contributed by atoms with E-state index in [-0.39, 0.29) is 6.04 Å². The van der Waals surface area contributed by atoms with Crippen LogP contribution in [0.15, 0.2) is 28.7 Å². The maximum atomic E-state index is 6.07. The maximum absolute atomic E-state index is 6.07. The molecular weight excluding hydrogens is 298 g/mol. The van der Waals surface area contributed by atoms with E-state index < -0.39 is 0 Å². The van der Waals surface area contributed by atoms with Crippen LogP contribution in [0.1, 0.15) is 24.6 Å². The summed E-state index contributed by atoms with van der Waals surface area (Å²) >= 11 is 5.95. The molecule has 3 rings (SSSR count). The van der Waals surface area contributed by atoms with Crippen LogP contribution in [0.25, 0.3) is 11.3 Å². The van der Waals surface area contributed by atoms with Gasteiger partial charge in [-0.25, -0.2) is 4.98 Å². The van der Waals surface area contributed by atoms with Crippen LogP contribution < -0.4 is 0 Å². The van der Waals surface area contributed by atoms with Gasteiger partial charge in [0.1, 0.15) is 0 Å². The lowest BCUT2D eigenvalue weighted by atomic mass is 10.1. The second-order valence-corrected chi connectivity index (χ2v) is 6.43. The first-order valence-electron chi connectivity index (χ1n) is 7.70. The van der Waals surface area contributed by atoms with Crippen molar-refractivity contribution in [1.82, 2.24) is 14.8 Å². The van der Waals surface area contributed by atoms with Crippen LogP contribution in [0, 0.1) is 6.92 Å². The zero-order valence-corrected chi connectivity index (χ0v) is 14.1. The van der Waals surface area contributed by atoms with Crippen molar-refractivity contribution in [2.24, 2.45) is 0 Å². The summed E-state index contributed by atoms with van der Waals surface area (Å²) in [7, 11) is 2.16. The van der Waals surface area contributed by atoms with Crippen molar-refractivity contribution in [1.29, 1.82) is 0 Å². The standard InChI is InChI=1S/C17H22ClN3O/c1-12-16(14-4-6-15(18)7-5-14)22-17(19-12)13(2)21-10-8-20(3)9-11-21/h4-7,13H,8-11H2,1-3H3. The molecule has 22 heavy (non-hydrogen) atoms. The molecule has 1 aliphatic heterocycles. The molecule has 2 aromatic rings. The molecule has 1 saturated heterocycles. The number of likely N-dealkylation sites (N-methyl/N-ethyl adjacent to an activating group) is 1. The van der Waals surface area contributed by atoms with E-state index in [0.717, 1.165) is 54.1 Å². The Morgan fingerprint density at radius 2 is 1.77 bits per heavy atom. The molecule has 0 amide bonds. The van der Waals surface area contributed by atoms with Gasteiger partial charge in [-0.1, -0.05) is 11.6 Å². The first-order chi connectivity index (χ1) is 10.5. The summed E-state index contributed by atoms with van der Waals surface area (Å²) in [5.41, 5.74) is 1.95. The number of oxazole rings is 1. The zero-order chi connectivity index (χ0) is 15.7. The van der Waals surface area contributed by atoms with E-state index in [4.69, 9.17) is 16.0 Å². The fourth-order valence-corrected chi connectivity index (χ4v) is 2.96. The van der Waals surface area contributed by atoms with Crippen molar-refractivity contribution in [3.05, 3.63) is 40.9 Å². The van der Waals surface area contributed by atoms with E-state index in [9.17, 15) is 0 Å². The quantitative estimate of drug-likeness (QED) is 0.865. The molecule has 1 atom stereocenters. The number of hydrogen-bond donors (Lipinski definition) is 0. The Bertz CT molecular complexity index is 630. The van der Waals surface area contributed by atoms with Gasteiger partial charge in [0.25, 0.3) is 0 Å². The molecule has 4 nitrogen and oxygen atoms in total. The second-order valence-electron chi connectivity index (χ2n) is 5.99. The third-order valence-electron chi connectivity index (χ3n) is 4.36. The highest BCUT2D eigenvalue weighted by Gasteiger charge is 2.25. The summed E-state index contributed by atoms with van der Waals surface area (Å²) in [5.74, 6) is 1.64. The van der Waals surface area contributed by atoms with Crippen LogP contribution in [-0.2, 0) is 0 Å². The first-order valence-corrected chi connectivity index (χ1v) is 8.08. The first kappa shape index (κ1) is 15.5. The molecule has 0 spiro atoms. The molecule has 1 aliphatic rings. The van der Waals surface area contributed by atoms with Crippen molar-refractivity contribution in [2.45, 2.75) is 19.9 Å². The smallest absolute Gasteiger partial charge is 0.212 e. The number of benzene rings is 1. The molecule has 0 N–H and O–H groups in total. The summed E-state index contributed by atoms with van der Waals surface area (Å²) in [6.07, 6.45) is 0. The van der Waals surface area contributed by atoms with Gasteiger partial charge in [-0.3, -0.25) is 4.90 Å². The average Bonchev–Trinajstić information content (AvgIpc) is 2.90.